The Morgan fingerprint density at radius 1 is 1.40 bits per heavy atom. The lowest BCUT2D eigenvalue weighted by Crippen LogP contribution is -2.04. The van der Waals surface area contributed by atoms with E-state index < -0.39 is 0 Å². The predicted octanol–water partition coefficient (Wildman–Crippen LogP) is 2.79. The van der Waals surface area contributed by atoms with Gasteiger partial charge in [-0.3, -0.25) is 0 Å². The molecule has 1 rings (SSSR count). The Bertz CT molecular complexity index is 116. The van der Waals surface area contributed by atoms with Crippen LogP contribution < -0.4 is 0 Å². The van der Waals surface area contributed by atoms with E-state index in [-0.39, 0.29) is 0 Å². The molecular formula is C9H17B. The molecule has 0 nitrogen and oxygen atoms in total. The molecule has 10 heavy (non-hydrogen) atoms. The van der Waals surface area contributed by atoms with Crippen molar-refractivity contribution in [1.29, 1.82) is 0 Å². The Morgan fingerprint density at radius 2 is 2.00 bits per heavy atom. The monoisotopic (exact) mass is 137 g/mol. The summed E-state index contributed by atoms with van der Waals surface area (Å²) in [5.74, 6) is 2.00. The van der Waals surface area contributed by atoms with E-state index in [1.54, 1.807) is 0 Å². The molecule has 0 spiro atoms. The minimum absolute atomic E-state index is 0.427. The van der Waals surface area contributed by atoms with Crippen molar-refractivity contribution in [1.82, 2.24) is 0 Å². The Kier molecular flexibility index (Phi) is 2.33. The van der Waals surface area contributed by atoms with Gasteiger partial charge in [0.05, 0.1) is 7.85 Å². The molecule has 2 radical (unpaired) electrons. The summed E-state index contributed by atoms with van der Waals surface area (Å²) in [5.41, 5.74) is 0. The summed E-state index contributed by atoms with van der Waals surface area (Å²) in [6.07, 6.45) is 4.67. The standard InChI is InChI=1S/C9H17B/c1-3-7-5-9(10)6-8(7)4-2/h7-9H,3-6H2,1-2H3/t7-,8?,9+/m0/s1/i1D. The Morgan fingerprint density at radius 3 is 2.50 bits per heavy atom. The van der Waals surface area contributed by atoms with Gasteiger partial charge < -0.3 is 0 Å². The van der Waals surface area contributed by atoms with Gasteiger partial charge in [0.25, 0.3) is 0 Å². The molecular weight excluding hydrogens is 119 g/mol. The van der Waals surface area contributed by atoms with Gasteiger partial charge in [-0.1, -0.05) is 45.3 Å². The number of rotatable bonds is 2. The molecule has 0 bridgehead atoms. The van der Waals surface area contributed by atoms with Crippen LogP contribution in [0.15, 0.2) is 0 Å². The first-order valence-corrected chi connectivity index (χ1v) is 4.32. The zero-order valence-corrected chi connectivity index (χ0v) is 6.84. The van der Waals surface area contributed by atoms with Crippen LogP contribution in [0.5, 0.6) is 0 Å². The predicted molar refractivity (Wildman–Crippen MR) is 46.3 cm³/mol. The third kappa shape index (κ3) is 1.56. The molecule has 1 saturated carbocycles. The maximum absolute atomic E-state index is 7.16. The van der Waals surface area contributed by atoms with Gasteiger partial charge in [-0.2, -0.15) is 0 Å². The molecule has 1 aliphatic carbocycles. The van der Waals surface area contributed by atoms with Crippen molar-refractivity contribution < 1.29 is 1.37 Å². The molecule has 1 fully saturated rings. The number of hydrogen-bond acceptors (Lipinski definition) is 0. The van der Waals surface area contributed by atoms with Crippen LogP contribution in [0.1, 0.15) is 40.9 Å². The molecule has 1 unspecified atom stereocenters. The molecule has 0 heterocycles. The third-order valence-electron chi connectivity index (χ3n) is 2.77. The SMILES string of the molecule is [2H]CC[C@H]1C[C@@H]([B])CC1CC. The average molecular weight is 137 g/mol. The fourth-order valence-electron chi connectivity index (χ4n) is 2.11. The molecule has 0 N–H and O–H groups in total. The van der Waals surface area contributed by atoms with Crippen molar-refractivity contribution in [2.75, 3.05) is 0 Å². The van der Waals surface area contributed by atoms with E-state index in [0.717, 1.165) is 24.7 Å². The summed E-state index contributed by atoms with van der Waals surface area (Å²) < 4.78 is 7.16. The molecule has 1 heteroatoms. The topological polar surface area (TPSA) is 0 Å². The lowest BCUT2D eigenvalue weighted by molar-refractivity contribution is 0.367. The Balaban J connectivity index is 2.37. The van der Waals surface area contributed by atoms with Crippen LogP contribution in [0.4, 0.5) is 0 Å². The van der Waals surface area contributed by atoms with Crippen LogP contribution in [0, 0.1) is 11.8 Å². The van der Waals surface area contributed by atoms with Crippen molar-refractivity contribution in [2.24, 2.45) is 11.8 Å². The van der Waals surface area contributed by atoms with Crippen molar-refractivity contribution in [2.45, 2.75) is 45.3 Å². The van der Waals surface area contributed by atoms with Crippen LogP contribution in [0.2, 0.25) is 5.82 Å². The van der Waals surface area contributed by atoms with Crippen molar-refractivity contribution >= 4 is 7.85 Å². The minimum Gasteiger partial charge on any atom is -0.0768 e. The van der Waals surface area contributed by atoms with Gasteiger partial charge in [0, 0.05) is 1.37 Å². The van der Waals surface area contributed by atoms with Crippen molar-refractivity contribution in [3.05, 3.63) is 0 Å². The van der Waals surface area contributed by atoms with Gasteiger partial charge in [-0.25, -0.2) is 0 Å². The highest BCUT2D eigenvalue weighted by Crippen LogP contribution is 2.41. The largest absolute Gasteiger partial charge is 0.0768 e. The summed E-state index contributed by atoms with van der Waals surface area (Å²) in [7, 11) is 5.86. The quantitative estimate of drug-likeness (QED) is 0.513. The molecule has 0 amide bonds. The fraction of sp³-hybridized carbons (Fsp3) is 1.00. The smallest absolute Gasteiger partial charge is 0.0699 e. The maximum Gasteiger partial charge on any atom is 0.0699 e. The highest BCUT2D eigenvalue weighted by Gasteiger charge is 2.28. The molecule has 0 saturated heterocycles. The Hall–Kier alpha value is 0.0649. The second kappa shape index (κ2) is 3.45. The second-order valence-electron chi connectivity index (χ2n) is 3.45. The zero-order valence-electron chi connectivity index (χ0n) is 7.84. The van der Waals surface area contributed by atoms with Crippen molar-refractivity contribution in [3.8, 4) is 0 Å². The van der Waals surface area contributed by atoms with Crippen LogP contribution in [0.3, 0.4) is 0 Å². The summed E-state index contributed by atoms with van der Waals surface area (Å²) in [6, 6.07) is 0. The maximum atomic E-state index is 7.16. The summed E-state index contributed by atoms with van der Waals surface area (Å²) >= 11 is 0. The van der Waals surface area contributed by atoms with E-state index in [1.165, 1.54) is 12.8 Å². The lowest BCUT2D eigenvalue weighted by atomic mass is 9.85. The first-order valence-electron chi connectivity index (χ1n) is 5.03. The van der Waals surface area contributed by atoms with E-state index >= 15 is 0 Å². The van der Waals surface area contributed by atoms with E-state index in [4.69, 9.17) is 9.22 Å². The third-order valence-corrected chi connectivity index (χ3v) is 2.77. The van der Waals surface area contributed by atoms with Gasteiger partial charge in [0.2, 0.25) is 0 Å². The van der Waals surface area contributed by atoms with E-state index in [2.05, 4.69) is 6.92 Å². The summed E-state index contributed by atoms with van der Waals surface area (Å²) in [5, 5.41) is 0. The first-order chi connectivity index (χ1) is 5.27. The normalized spacial score (nSPS) is 41.7. The molecule has 0 aromatic carbocycles. The molecule has 56 valence electrons. The highest BCUT2D eigenvalue weighted by molar-refractivity contribution is 6.11. The molecule has 0 aromatic rings. The first kappa shape index (κ1) is 6.76. The minimum atomic E-state index is 0.427. The Labute approximate surface area is 67.2 Å². The summed E-state index contributed by atoms with van der Waals surface area (Å²) in [6.45, 7) is 2.81. The van der Waals surface area contributed by atoms with Crippen LogP contribution in [-0.4, -0.2) is 7.85 Å². The highest BCUT2D eigenvalue weighted by atomic mass is 14.3. The van der Waals surface area contributed by atoms with Crippen LogP contribution in [-0.2, 0) is 0 Å². The second-order valence-corrected chi connectivity index (χ2v) is 3.45. The van der Waals surface area contributed by atoms with Gasteiger partial charge in [0.1, 0.15) is 0 Å². The van der Waals surface area contributed by atoms with Gasteiger partial charge in [0.15, 0.2) is 0 Å². The number of hydrogen-bond donors (Lipinski definition) is 0. The van der Waals surface area contributed by atoms with E-state index in [9.17, 15) is 0 Å². The summed E-state index contributed by atoms with van der Waals surface area (Å²) in [4.78, 5) is 0. The zero-order chi connectivity index (χ0) is 8.27. The lowest BCUT2D eigenvalue weighted by Gasteiger charge is -2.14. The van der Waals surface area contributed by atoms with Gasteiger partial charge >= 0.3 is 0 Å². The van der Waals surface area contributed by atoms with Crippen LogP contribution >= 0.6 is 0 Å². The molecule has 0 aromatic heterocycles. The van der Waals surface area contributed by atoms with E-state index in [0.29, 0.717) is 12.7 Å². The van der Waals surface area contributed by atoms with Gasteiger partial charge in [-0.05, 0) is 11.8 Å². The fourth-order valence-corrected chi connectivity index (χ4v) is 2.11. The molecule has 1 aliphatic rings. The van der Waals surface area contributed by atoms with Crippen molar-refractivity contribution in [3.63, 3.8) is 0 Å². The van der Waals surface area contributed by atoms with Crippen LogP contribution in [0.25, 0.3) is 0 Å². The molecule has 0 aliphatic heterocycles. The van der Waals surface area contributed by atoms with E-state index in [1.807, 2.05) is 0 Å². The average Bonchev–Trinajstić information content (AvgIpc) is 2.32. The van der Waals surface area contributed by atoms with Gasteiger partial charge in [-0.15, -0.1) is 0 Å². The molecule has 3 atom stereocenters.